The summed E-state index contributed by atoms with van der Waals surface area (Å²) in [5.74, 6) is 1.75. The summed E-state index contributed by atoms with van der Waals surface area (Å²) in [6.07, 6.45) is 14.9. The Labute approximate surface area is 199 Å². The Morgan fingerprint density at radius 1 is 0.909 bits per heavy atom. The third-order valence-corrected chi connectivity index (χ3v) is 5.54. The van der Waals surface area contributed by atoms with Crippen LogP contribution in [0, 0.1) is 0 Å². The molecule has 1 aromatic carbocycles. The van der Waals surface area contributed by atoms with Crippen molar-refractivity contribution in [2.24, 2.45) is 7.05 Å². The number of nitrogens with one attached hydrogen (secondary N) is 1. The molecule has 6 heteroatoms. The standard InChI is InChI=1S/C27H40N2O4/c1-4-5-6-7-8-9-10-11-20-32-25-13-12-24(21-26(25)31-3)33-22-27(30)28-17-14-23-15-18-29(2)19-16-23/h12-13,15-16,18-19,21H,4-11,14,17,20,22H2,1-3H3/p+1. The Hall–Kier alpha value is -2.76. The Bertz CT molecular complexity index is 808. The minimum Gasteiger partial charge on any atom is -0.493 e. The molecule has 6 nitrogen and oxygen atoms in total. The number of carbonyl (C=O) groups excluding carboxylic acids is 1. The summed E-state index contributed by atoms with van der Waals surface area (Å²) < 4.78 is 18.9. The third kappa shape index (κ3) is 11.1. The fourth-order valence-corrected chi connectivity index (χ4v) is 3.52. The van der Waals surface area contributed by atoms with Crippen molar-refractivity contribution in [2.45, 2.75) is 64.7 Å². The molecule has 0 spiro atoms. The lowest BCUT2D eigenvalue weighted by atomic mass is 10.1. The predicted octanol–water partition coefficient (Wildman–Crippen LogP) is 4.78. The maximum Gasteiger partial charge on any atom is 0.257 e. The van der Waals surface area contributed by atoms with Gasteiger partial charge in [0, 0.05) is 24.7 Å². The monoisotopic (exact) mass is 457 g/mol. The number of unbranched alkanes of at least 4 members (excludes halogenated alkanes) is 7. The van der Waals surface area contributed by atoms with Gasteiger partial charge in [0.05, 0.1) is 13.7 Å². The zero-order valence-electron chi connectivity index (χ0n) is 20.6. The van der Waals surface area contributed by atoms with Gasteiger partial charge in [-0.3, -0.25) is 4.79 Å². The van der Waals surface area contributed by atoms with Crippen molar-refractivity contribution in [3.05, 3.63) is 48.3 Å². The molecule has 0 unspecified atom stereocenters. The highest BCUT2D eigenvalue weighted by Gasteiger charge is 2.09. The van der Waals surface area contributed by atoms with Gasteiger partial charge in [-0.05, 0) is 30.5 Å². The average Bonchev–Trinajstić information content (AvgIpc) is 2.83. The summed E-state index contributed by atoms with van der Waals surface area (Å²) in [7, 11) is 3.59. The van der Waals surface area contributed by atoms with Crippen LogP contribution < -0.4 is 24.1 Å². The highest BCUT2D eigenvalue weighted by atomic mass is 16.5. The zero-order chi connectivity index (χ0) is 23.7. The molecule has 0 bridgehead atoms. The maximum atomic E-state index is 12.1. The summed E-state index contributed by atoms with van der Waals surface area (Å²) in [5, 5.41) is 2.89. The maximum absolute atomic E-state index is 12.1. The molecule has 0 aliphatic carbocycles. The highest BCUT2D eigenvalue weighted by molar-refractivity contribution is 5.77. The van der Waals surface area contributed by atoms with Crippen LogP contribution in [-0.2, 0) is 18.3 Å². The first-order valence-corrected chi connectivity index (χ1v) is 12.3. The van der Waals surface area contributed by atoms with Gasteiger partial charge in [0.1, 0.15) is 12.8 Å². The van der Waals surface area contributed by atoms with E-state index in [-0.39, 0.29) is 12.5 Å². The molecule has 2 rings (SSSR count). The van der Waals surface area contributed by atoms with Crippen molar-refractivity contribution in [1.29, 1.82) is 0 Å². The van der Waals surface area contributed by atoms with Crippen molar-refractivity contribution in [1.82, 2.24) is 5.32 Å². The number of amides is 1. The van der Waals surface area contributed by atoms with Crippen LogP contribution >= 0.6 is 0 Å². The number of hydrogen-bond donors (Lipinski definition) is 1. The number of benzene rings is 1. The van der Waals surface area contributed by atoms with Crippen molar-refractivity contribution >= 4 is 5.91 Å². The molecule has 0 radical (unpaired) electrons. The number of carbonyl (C=O) groups is 1. The Kier molecular flexibility index (Phi) is 12.8. The first-order chi connectivity index (χ1) is 16.1. The van der Waals surface area contributed by atoms with Gasteiger partial charge in [0.2, 0.25) is 0 Å². The zero-order valence-corrected chi connectivity index (χ0v) is 20.6. The molecule has 0 aliphatic rings. The lowest BCUT2D eigenvalue weighted by molar-refractivity contribution is -0.671. The number of aryl methyl sites for hydroxylation is 1. The molecule has 0 saturated heterocycles. The van der Waals surface area contributed by atoms with E-state index in [1.807, 2.05) is 48.3 Å². The van der Waals surface area contributed by atoms with Crippen molar-refractivity contribution in [3.63, 3.8) is 0 Å². The van der Waals surface area contributed by atoms with E-state index in [1.54, 1.807) is 13.2 Å². The molecule has 1 N–H and O–H groups in total. The molecule has 1 heterocycles. The fraction of sp³-hybridized carbons (Fsp3) is 0.556. The topological polar surface area (TPSA) is 60.7 Å². The highest BCUT2D eigenvalue weighted by Crippen LogP contribution is 2.31. The van der Waals surface area contributed by atoms with Crippen LogP contribution in [0.4, 0.5) is 0 Å². The van der Waals surface area contributed by atoms with Crippen LogP contribution in [-0.4, -0.2) is 32.8 Å². The largest absolute Gasteiger partial charge is 0.493 e. The minimum atomic E-state index is -0.148. The van der Waals surface area contributed by atoms with E-state index in [9.17, 15) is 4.79 Å². The summed E-state index contributed by atoms with van der Waals surface area (Å²) in [6.45, 7) is 3.46. The summed E-state index contributed by atoms with van der Waals surface area (Å²) >= 11 is 0. The summed E-state index contributed by atoms with van der Waals surface area (Å²) in [6, 6.07) is 9.51. The summed E-state index contributed by atoms with van der Waals surface area (Å²) in [4.78, 5) is 12.1. The van der Waals surface area contributed by atoms with E-state index in [4.69, 9.17) is 14.2 Å². The van der Waals surface area contributed by atoms with E-state index >= 15 is 0 Å². The Balaban J connectivity index is 1.64. The second-order valence-electron chi connectivity index (χ2n) is 8.40. The van der Waals surface area contributed by atoms with Crippen molar-refractivity contribution in [3.8, 4) is 17.2 Å². The van der Waals surface area contributed by atoms with Gasteiger partial charge < -0.3 is 19.5 Å². The van der Waals surface area contributed by atoms with Gasteiger partial charge in [-0.15, -0.1) is 0 Å². The first-order valence-electron chi connectivity index (χ1n) is 12.3. The molecule has 1 amide bonds. The average molecular weight is 458 g/mol. The first kappa shape index (κ1) is 26.5. The number of methoxy groups -OCH3 is 1. The summed E-state index contributed by atoms with van der Waals surface area (Å²) in [5.41, 5.74) is 1.18. The smallest absolute Gasteiger partial charge is 0.257 e. The lowest BCUT2D eigenvalue weighted by Gasteiger charge is -2.13. The molecule has 2 aromatic rings. The normalized spacial score (nSPS) is 10.6. The van der Waals surface area contributed by atoms with Gasteiger partial charge in [0.25, 0.3) is 5.91 Å². The number of rotatable bonds is 17. The van der Waals surface area contributed by atoms with E-state index < -0.39 is 0 Å². The molecular formula is C27H41N2O4+. The van der Waals surface area contributed by atoms with Gasteiger partial charge in [-0.25, -0.2) is 4.57 Å². The predicted molar refractivity (Wildman–Crippen MR) is 131 cm³/mol. The second kappa shape index (κ2) is 15.9. The van der Waals surface area contributed by atoms with Gasteiger partial charge in [0.15, 0.2) is 30.5 Å². The molecule has 0 fully saturated rings. The minimum absolute atomic E-state index is 0.0363. The number of ether oxygens (including phenoxy) is 3. The molecule has 1 aromatic heterocycles. The van der Waals surface area contributed by atoms with Gasteiger partial charge in [-0.2, -0.15) is 0 Å². The van der Waals surface area contributed by atoms with Gasteiger partial charge >= 0.3 is 0 Å². The fourth-order valence-electron chi connectivity index (χ4n) is 3.52. The van der Waals surface area contributed by atoms with E-state index in [2.05, 4.69) is 12.2 Å². The number of aromatic nitrogens is 1. The van der Waals surface area contributed by atoms with Crippen LogP contribution in [0.15, 0.2) is 42.7 Å². The second-order valence-corrected chi connectivity index (χ2v) is 8.40. The molecule has 0 atom stereocenters. The number of pyridine rings is 1. The van der Waals surface area contributed by atoms with Crippen LogP contribution in [0.1, 0.15) is 63.9 Å². The molecule has 182 valence electrons. The molecule has 33 heavy (non-hydrogen) atoms. The molecule has 0 aliphatic heterocycles. The molecular weight excluding hydrogens is 416 g/mol. The van der Waals surface area contributed by atoms with Crippen LogP contribution in [0.3, 0.4) is 0 Å². The molecule has 0 saturated carbocycles. The SMILES string of the molecule is CCCCCCCCCCOc1ccc(OCC(=O)NCCc2cc[n+](C)cc2)cc1OC. The van der Waals surface area contributed by atoms with Gasteiger partial charge in [-0.1, -0.05) is 51.9 Å². The lowest BCUT2D eigenvalue weighted by Crippen LogP contribution is -2.31. The number of hydrogen-bond acceptors (Lipinski definition) is 4. The van der Waals surface area contributed by atoms with E-state index in [1.165, 1.54) is 50.5 Å². The van der Waals surface area contributed by atoms with Crippen LogP contribution in [0.5, 0.6) is 17.2 Å². The third-order valence-electron chi connectivity index (χ3n) is 5.54. The van der Waals surface area contributed by atoms with Crippen molar-refractivity contribution in [2.75, 3.05) is 26.9 Å². The van der Waals surface area contributed by atoms with E-state index in [0.717, 1.165) is 12.8 Å². The number of nitrogens with zero attached hydrogens (tertiary/aromatic N) is 1. The van der Waals surface area contributed by atoms with Crippen LogP contribution in [0.25, 0.3) is 0 Å². The quantitative estimate of drug-likeness (QED) is 0.274. The van der Waals surface area contributed by atoms with Crippen LogP contribution in [0.2, 0.25) is 0 Å². The van der Waals surface area contributed by atoms with Crippen molar-refractivity contribution < 1.29 is 23.6 Å². The van der Waals surface area contributed by atoms with E-state index in [0.29, 0.717) is 30.4 Å². The Morgan fingerprint density at radius 3 is 2.30 bits per heavy atom. The Morgan fingerprint density at radius 2 is 1.61 bits per heavy atom.